The molecule has 0 aliphatic heterocycles. The van der Waals surface area contributed by atoms with Crippen LogP contribution in [-0.4, -0.2) is 16.7 Å². The summed E-state index contributed by atoms with van der Waals surface area (Å²) in [6.45, 7) is -0.167. The van der Waals surface area contributed by atoms with Crippen molar-refractivity contribution in [3.63, 3.8) is 0 Å². The van der Waals surface area contributed by atoms with Crippen molar-refractivity contribution in [2.45, 2.75) is 0 Å². The molecule has 58 valence electrons. The molecule has 0 aliphatic rings. The Morgan fingerprint density at radius 3 is 2.83 bits per heavy atom. The lowest BCUT2D eigenvalue weighted by molar-refractivity contribution is 0.350. The predicted octanol–water partition coefficient (Wildman–Crippen LogP) is 0.297. The highest BCUT2D eigenvalue weighted by Gasteiger charge is 1.89. The van der Waals surface area contributed by atoms with Gasteiger partial charge in [-0.25, -0.2) is 4.98 Å². The van der Waals surface area contributed by atoms with Crippen LogP contribution in [-0.2, 0) is 0 Å². The molecule has 0 aromatic carbocycles. The Morgan fingerprint density at radius 2 is 2.33 bits per heavy atom. The van der Waals surface area contributed by atoms with Crippen molar-refractivity contribution in [3.05, 3.63) is 29.6 Å². The molecule has 0 saturated carbocycles. The van der Waals surface area contributed by atoms with Gasteiger partial charge in [0.05, 0.1) is 0 Å². The number of pyridine rings is 1. The summed E-state index contributed by atoms with van der Waals surface area (Å²) in [4.78, 5) is 3.80. The van der Waals surface area contributed by atoms with E-state index in [4.69, 9.17) is 10.4 Å². The van der Waals surface area contributed by atoms with Crippen LogP contribution in [0.1, 0.15) is 11.3 Å². The van der Waals surface area contributed by atoms with Gasteiger partial charge in [0.2, 0.25) is 0 Å². The monoisotopic (exact) mass is 158 g/mol. The van der Waals surface area contributed by atoms with E-state index in [1.54, 1.807) is 12.1 Å². The average Bonchev–Trinajstić information content (AvgIpc) is 2.15. The number of rotatable bonds is 0. The predicted molar refractivity (Wildman–Crippen MR) is 42.9 cm³/mol. The molecule has 1 aromatic rings. The second kappa shape index (κ2) is 4.12. The van der Waals surface area contributed by atoms with Crippen LogP contribution in [0.4, 0.5) is 0 Å². The van der Waals surface area contributed by atoms with E-state index < -0.39 is 0 Å². The molecule has 0 amide bonds. The second-order valence-corrected chi connectivity index (χ2v) is 2.00. The first-order valence-corrected chi connectivity index (χ1v) is 3.32. The van der Waals surface area contributed by atoms with Gasteiger partial charge in [-0.1, -0.05) is 11.8 Å². The van der Waals surface area contributed by atoms with Crippen molar-refractivity contribution in [2.75, 3.05) is 6.61 Å². The Balaban J connectivity index is 2.87. The van der Waals surface area contributed by atoms with Crippen LogP contribution in [0.25, 0.3) is 0 Å². The summed E-state index contributed by atoms with van der Waals surface area (Å²) in [6, 6.07) is 5.17. The van der Waals surface area contributed by atoms with Crippen LogP contribution in [0.5, 0.6) is 0 Å². The van der Waals surface area contributed by atoms with Crippen molar-refractivity contribution >= 4 is 0 Å². The van der Waals surface area contributed by atoms with Gasteiger partial charge in [0.25, 0.3) is 0 Å². The van der Waals surface area contributed by atoms with Gasteiger partial charge in [-0.05, 0) is 12.1 Å². The molecule has 1 heterocycles. The lowest BCUT2D eigenvalue weighted by Gasteiger charge is -1.88. The number of nitriles is 1. The third-order valence-corrected chi connectivity index (χ3v) is 1.19. The minimum Gasteiger partial charge on any atom is -0.384 e. The fraction of sp³-hybridized carbons (Fsp3) is 0.111. The standard InChI is InChI=1S/C9H6N2O/c10-6-9-4-3-8(7-11-9)2-1-5-12/h3-4,7,12H,5H2. The van der Waals surface area contributed by atoms with E-state index in [2.05, 4.69) is 16.8 Å². The van der Waals surface area contributed by atoms with Gasteiger partial charge in [-0.15, -0.1) is 0 Å². The molecule has 0 saturated heterocycles. The molecule has 1 N–H and O–H groups in total. The summed E-state index contributed by atoms with van der Waals surface area (Å²) in [5.41, 5.74) is 1.06. The number of aliphatic hydroxyl groups excluding tert-OH is 1. The molecule has 0 aliphatic carbocycles. The number of aliphatic hydroxyl groups is 1. The zero-order chi connectivity index (χ0) is 8.81. The smallest absolute Gasteiger partial charge is 0.140 e. The van der Waals surface area contributed by atoms with Crippen molar-refractivity contribution in [3.8, 4) is 17.9 Å². The van der Waals surface area contributed by atoms with Crippen molar-refractivity contribution < 1.29 is 5.11 Å². The van der Waals surface area contributed by atoms with Crippen LogP contribution in [0.2, 0.25) is 0 Å². The van der Waals surface area contributed by atoms with E-state index in [9.17, 15) is 0 Å². The minimum atomic E-state index is -0.167. The van der Waals surface area contributed by atoms with E-state index in [0.717, 1.165) is 0 Å². The maximum absolute atomic E-state index is 8.42. The zero-order valence-electron chi connectivity index (χ0n) is 6.28. The third kappa shape index (κ3) is 2.09. The Hall–Kier alpha value is -1.84. The quantitative estimate of drug-likeness (QED) is 0.552. The minimum absolute atomic E-state index is 0.167. The summed E-state index contributed by atoms with van der Waals surface area (Å²) in [5, 5.41) is 16.8. The fourth-order valence-electron chi connectivity index (χ4n) is 0.676. The van der Waals surface area contributed by atoms with E-state index in [1.165, 1.54) is 6.20 Å². The first kappa shape index (κ1) is 8.26. The molecule has 0 spiro atoms. The number of hydrogen-bond acceptors (Lipinski definition) is 3. The zero-order valence-corrected chi connectivity index (χ0v) is 6.28. The molecular formula is C9H6N2O. The van der Waals surface area contributed by atoms with Gasteiger partial charge >= 0.3 is 0 Å². The SMILES string of the molecule is N#Cc1ccc(C#CCO)cn1. The third-order valence-electron chi connectivity index (χ3n) is 1.19. The highest BCUT2D eigenvalue weighted by atomic mass is 16.2. The van der Waals surface area contributed by atoms with Crippen LogP contribution in [0.15, 0.2) is 18.3 Å². The number of aromatic nitrogens is 1. The van der Waals surface area contributed by atoms with E-state index in [0.29, 0.717) is 11.3 Å². The summed E-state index contributed by atoms with van der Waals surface area (Å²) in [5.74, 6) is 5.16. The maximum atomic E-state index is 8.42. The summed E-state index contributed by atoms with van der Waals surface area (Å²) < 4.78 is 0. The normalized spacial score (nSPS) is 8.00. The Labute approximate surface area is 70.3 Å². The molecule has 0 bridgehead atoms. The van der Waals surface area contributed by atoms with Gasteiger partial charge in [0.1, 0.15) is 18.4 Å². The summed E-state index contributed by atoms with van der Waals surface area (Å²) in [6.07, 6.45) is 1.50. The van der Waals surface area contributed by atoms with Crippen LogP contribution < -0.4 is 0 Å². The molecule has 3 nitrogen and oxygen atoms in total. The highest BCUT2D eigenvalue weighted by molar-refractivity contribution is 5.34. The average molecular weight is 158 g/mol. The van der Waals surface area contributed by atoms with Crippen LogP contribution in [0, 0.1) is 23.2 Å². The van der Waals surface area contributed by atoms with Gasteiger partial charge in [0, 0.05) is 11.8 Å². The highest BCUT2D eigenvalue weighted by Crippen LogP contribution is 1.96. The molecular weight excluding hydrogens is 152 g/mol. The van der Waals surface area contributed by atoms with Gasteiger partial charge < -0.3 is 5.11 Å². The molecule has 3 heteroatoms. The van der Waals surface area contributed by atoms with E-state index in [1.807, 2.05) is 6.07 Å². The van der Waals surface area contributed by atoms with Crippen LogP contribution >= 0.6 is 0 Å². The topological polar surface area (TPSA) is 56.9 Å². The molecule has 0 radical (unpaired) electrons. The summed E-state index contributed by atoms with van der Waals surface area (Å²) >= 11 is 0. The number of hydrogen-bond donors (Lipinski definition) is 1. The molecule has 1 rings (SSSR count). The van der Waals surface area contributed by atoms with E-state index in [-0.39, 0.29) is 6.61 Å². The van der Waals surface area contributed by atoms with Gasteiger partial charge in [0.15, 0.2) is 0 Å². The lowest BCUT2D eigenvalue weighted by Crippen LogP contribution is -1.83. The van der Waals surface area contributed by atoms with Crippen molar-refractivity contribution in [1.29, 1.82) is 5.26 Å². The van der Waals surface area contributed by atoms with Crippen molar-refractivity contribution in [1.82, 2.24) is 4.98 Å². The first-order chi connectivity index (χ1) is 5.86. The van der Waals surface area contributed by atoms with Gasteiger partial charge in [-0.3, -0.25) is 0 Å². The Morgan fingerprint density at radius 1 is 1.50 bits per heavy atom. The molecule has 12 heavy (non-hydrogen) atoms. The Kier molecular flexibility index (Phi) is 2.84. The Bertz CT molecular complexity index is 351. The number of nitrogens with zero attached hydrogens (tertiary/aromatic N) is 2. The maximum Gasteiger partial charge on any atom is 0.140 e. The molecule has 0 atom stereocenters. The first-order valence-electron chi connectivity index (χ1n) is 3.32. The lowest BCUT2D eigenvalue weighted by atomic mass is 10.2. The molecule has 0 fully saturated rings. The van der Waals surface area contributed by atoms with Gasteiger partial charge in [-0.2, -0.15) is 5.26 Å². The fourth-order valence-corrected chi connectivity index (χ4v) is 0.676. The van der Waals surface area contributed by atoms with E-state index >= 15 is 0 Å². The largest absolute Gasteiger partial charge is 0.384 e. The van der Waals surface area contributed by atoms with Crippen molar-refractivity contribution in [2.24, 2.45) is 0 Å². The second-order valence-electron chi connectivity index (χ2n) is 2.00. The molecule has 0 unspecified atom stereocenters. The van der Waals surface area contributed by atoms with Crippen LogP contribution in [0.3, 0.4) is 0 Å². The summed E-state index contributed by atoms with van der Waals surface area (Å²) in [7, 11) is 0. The molecule has 1 aromatic heterocycles.